The first kappa shape index (κ1) is 9.76. The summed E-state index contributed by atoms with van der Waals surface area (Å²) >= 11 is 0. The van der Waals surface area contributed by atoms with Gasteiger partial charge in [-0.25, -0.2) is 0 Å². The SMILES string of the molecule is [CH]CCC(=O)CC1CCCCC1. The molecule has 0 heterocycles. The first-order chi connectivity index (χ1) is 5.83. The Morgan fingerprint density at radius 3 is 2.50 bits per heavy atom. The Hall–Kier alpha value is -0.330. The number of hydrogen-bond acceptors (Lipinski definition) is 1. The Balaban J connectivity index is 2.15. The maximum Gasteiger partial charge on any atom is 0.133 e. The van der Waals surface area contributed by atoms with E-state index in [1.54, 1.807) is 0 Å². The van der Waals surface area contributed by atoms with Crippen LogP contribution in [0.3, 0.4) is 0 Å². The molecule has 0 N–H and O–H groups in total. The van der Waals surface area contributed by atoms with Crippen LogP contribution < -0.4 is 0 Å². The number of Topliss-reactive ketones (excluding diaryl/α,β-unsaturated/α-hetero) is 1. The summed E-state index contributed by atoms with van der Waals surface area (Å²) in [5.74, 6) is 1.04. The van der Waals surface area contributed by atoms with Crippen molar-refractivity contribution in [2.75, 3.05) is 0 Å². The lowest BCUT2D eigenvalue weighted by atomic mass is 9.85. The minimum atomic E-state index is 0.365. The van der Waals surface area contributed by atoms with Crippen LogP contribution in [0.25, 0.3) is 0 Å². The normalized spacial score (nSPS) is 19.4. The highest BCUT2D eigenvalue weighted by Gasteiger charge is 2.15. The van der Waals surface area contributed by atoms with Crippen LogP contribution in [0.1, 0.15) is 51.4 Å². The van der Waals surface area contributed by atoms with Crippen molar-refractivity contribution < 1.29 is 4.79 Å². The predicted octanol–water partition coefficient (Wildman–Crippen LogP) is 3.02. The number of ketones is 1. The monoisotopic (exact) mass is 166 g/mol. The molecule has 12 heavy (non-hydrogen) atoms. The molecule has 1 heteroatoms. The summed E-state index contributed by atoms with van der Waals surface area (Å²) in [6, 6.07) is 0. The molecular weight excluding hydrogens is 148 g/mol. The van der Waals surface area contributed by atoms with E-state index in [1.165, 1.54) is 32.1 Å². The van der Waals surface area contributed by atoms with Gasteiger partial charge < -0.3 is 0 Å². The highest BCUT2D eigenvalue weighted by molar-refractivity contribution is 5.78. The minimum Gasteiger partial charge on any atom is -0.300 e. The quantitative estimate of drug-likeness (QED) is 0.627. The molecule has 0 amide bonds. The van der Waals surface area contributed by atoms with Crippen molar-refractivity contribution in [1.29, 1.82) is 0 Å². The molecule has 1 rings (SSSR count). The minimum absolute atomic E-state index is 0.365. The number of carbonyl (C=O) groups is 1. The summed E-state index contributed by atoms with van der Waals surface area (Å²) in [5, 5.41) is 0. The van der Waals surface area contributed by atoms with Crippen LogP contribution in [0.2, 0.25) is 0 Å². The van der Waals surface area contributed by atoms with E-state index in [-0.39, 0.29) is 0 Å². The zero-order chi connectivity index (χ0) is 8.81. The summed E-state index contributed by atoms with van der Waals surface area (Å²) in [5.41, 5.74) is 0. The molecule has 1 nitrogen and oxygen atoms in total. The summed E-state index contributed by atoms with van der Waals surface area (Å²) in [6.45, 7) is 5.31. The van der Waals surface area contributed by atoms with Crippen LogP contribution in [-0.4, -0.2) is 5.78 Å². The fourth-order valence-corrected chi connectivity index (χ4v) is 1.98. The third-order valence-electron chi connectivity index (χ3n) is 2.66. The molecule has 1 saturated carbocycles. The lowest BCUT2D eigenvalue weighted by Crippen LogP contribution is -2.11. The fraction of sp³-hybridized carbons (Fsp3) is 0.818. The molecule has 1 aliphatic carbocycles. The van der Waals surface area contributed by atoms with Gasteiger partial charge in [-0.05, 0) is 19.3 Å². The van der Waals surface area contributed by atoms with Crippen molar-refractivity contribution in [1.82, 2.24) is 0 Å². The molecule has 0 aliphatic heterocycles. The predicted molar refractivity (Wildman–Crippen MR) is 49.7 cm³/mol. The standard InChI is InChI=1S/C11H18O/c1-2-6-11(12)9-10-7-4-3-5-8-10/h1,10H,2-9H2. The van der Waals surface area contributed by atoms with Gasteiger partial charge in [-0.3, -0.25) is 4.79 Å². The summed E-state index contributed by atoms with van der Waals surface area (Å²) in [4.78, 5) is 11.2. The summed E-state index contributed by atoms with van der Waals surface area (Å²) in [6.07, 6.45) is 8.41. The van der Waals surface area contributed by atoms with E-state index >= 15 is 0 Å². The van der Waals surface area contributed by atoms with E-state index in [4.69, 9.17) is 6.92 Å². The van der Waals surface area contributed by atoms with E-state index in [0.29, 0.717) is 24.5 Å². The van der Waals surface area contributed by atoms with Crippen LogP contribution >= 0.6 is 0 Å². The van der Waals surface area contributed by atoms with Crippen molar-refractivity contribution >= 4 is 5.78 Å². The lowest BCUT2D eigenvalue weighted by Gasteiger charge is -2.20. The van der Waals surface area contributed by atoms with Gasteiger partial charge in [-0.15, -0.1) is 0 Å². The summed E-state index contributed by atoms with van der Waals surface area (Å²) < 4.78 is 0. The van der Waals surface area contributed by atoms with Crippen molar-refractivity contribution in [3.05, 3.63) is 6.92 Å². The fourth-order valence-electron chi connectivity index (χ4n) is 1.98. The maximum absolute atomic E-state index is 11.2. The van der Waals surface area contributed by atoms with Gasteiger partial charge in [0.15, 0.2) is 0 Å². The Kier molecular flexibility index (Phi) is 4.34. The van der Waals surface area contributed by atoms with E-state index in [0.717, 1.165) is 6.42 Å². The molecule has 0 bridgehead atoms. The van der Waals surface area contributed by atoms with Gasteiger partial charge in [0.25, 0.3) is 0 Å². The van der Waals surface area contributed by atoms with Gasteiger partial charge in [-0.2, -0.15) is 0 Å². The second kappa shape index (κ2) is 5.34. The van der Waals surface area contributed by atoms with Gasteiger partial charge in [0.2, 0.25) is 0 Å². The van der Waals surface area contributed by atoms with E-state index in [2.05, 4.69) is 0 Å². The zero-order valence-electron chi connectivity index (χ0n) is 7.72. The van der Waals surface area contributed by atoms with Gasteiger partial charge in [0.1, 0.15) is 5.78 Å². The highest BCUT2D eigenvalue weighted by Crippen LogP contribution is 2.26. The molecule has 68 valence electrons. The average molecular weight is 166 g/mol. The zero-order valence-corrected chi connectivity index (χ0v) is 7.72. The molecule has 0 aromatic rings. The van der Waals surface area contributed by atoms with Crippen LogP contribution in [-0.2, 0) is 4.79 Å². The Morgan fingerprint density at radius 2 is 1.92 bits per heavy atom. The van der Waals surface area contributed by atoms with Crippen LogP contribution in [0.5, 0.6) is 0 Å². The smallest absolute Gasteiger partial charge is 0.133 e. The molecule has 1 aliphatic rings. The van der Waals surface area contributed by atoms with Crippen LogP contribution in [0.15, 0.2) is 0 Å². The Bertz CT molecular complexity index is 134. The first-order valence-corrected chi connectivity index (χ1v) is 5.04. The first-order valence-electron chi connectivity index (χ1n) is 5.04. The summed E-state index contributed by atoms with van der Waals surface area (Å²) in [7, 11) is 0. The molecule has 0 aromatic heterocycles. The van der Waals surface area contributed by atoms with Gasteiger partial charge in [-0.1, -0.05) is 32.1 Å². The third-order valence-corrected chi connectivity index (χ3v) is 2.66. The van der Waals surface area contributed by atoms with E-state index in [1.807, 2.05) is 0 Å². The third kappa shape index (κ3) is 3.38. The molecule has 0 spiro atoms. The number of rotatable bonds is 4. The van der Waals surface area contributed by atoms with Crippen molar-refractivity contribution in [3.63, 3.8) is 0 Å². The highest BCUT2D eigenvalue weighted by atomic mass is 16.1. The van der Waals surface area contributed by atoms with Crippen LogP contribution in [0.4, 0.5) is 0 Å². The topological polar surface area (TPSA) is 17.1 Å². The molecule has 1 fully saturated rings. The molecule has 0 unspecified atom stereocenters. The molecule has 2 radical (unpaired) electrons. The van der Waals surface area contributed by atoms with Gasteiger partial charge in [0, 0.05) is 12.8 Å². The number of carbonyl (C=O) groups excluding carboxylic acids is 1. The second-order valence-electron chi connectivity index (χ2n) is 3.79. The van der Waals surface area contributed by atoms with Gasteiger partial charge in [0.05, 0.1) is 0 Å². The molecule has 0 atom stereocenters. The average Bonchev–Trinajstić information content (AvgIpc) is 2.06. The Labute approximate surface area is 75.5 Å². The van der Waals surface area contributed by atoms with Crippen molar-refractivity contribution in [3.8, 4) is 0 Å². The lowest BCUT2D eigenvalue weighted by molar-refractivity contribution is -0.120. The molecule has 0 aromatic carbocycles. The van der Waals surface area contributed by atoms with Gasteiger partial charge >= 0.3 is 0 Å². The Morgan fingerprint density at radius 1 is 1.25 bits per heavy atom. The molecular formula is C11H18O. The largest absolute Gasteiger partial charge is 0.300 e. The van der Waals surface area contributed by atoms with E-state index in [9.17, 15) is 4.79 Å². The second-order valence-corrected chi connectivity index (χ2v) is 3.79. The maximum atomic E-state index is 11.2. The van der Waals surface area contributed by atoms with E-state index < -0.39 is 0 Å². The molecule has 0 saturated heterocycles. The van der Waals surface area contributed by atoms with Crippen LogP contribution in [0, 0.1) is 12.8 Å². The van der Waals surface area contributed by atoms with Crippen molar-refractivity contribution in [2.45, 2.75) is 51.4 Å². The van der Waals surface area contributed by atoms with Crippen molar-refractivity contribution in [2.24, 2.45) is 5.92 Å². The number of hydrogen-bond donors (Lipinski definition) is 0.